The normalized spacial score (nSPS) is 15.0. The second kappa shape index (κ2) is 7.86. The molecule has 1 heterocycles. The van der Waals surface area contributed by atoms with Crippen molar-refractivity contribution in [3.05, 3.63) is 71.4 Å². The third kappa shape index (κ3) is 4.06. The Labute approximate surface area is 157 Å². The summed E-state index contributed by atoms with van der Waals surface area (Å²) in [6, 6.07) is 14.0. The molecule has 0 bridgehead atoms. The number of benzene rings is 2. The zero-order chi connectivity index (χ0) is 19.4. The van der Waals surface area contributed by atoms with Gasteiger partial charge in [0.05, 0.1) is 12.5 Å². The lowest BCUT2D eigenvalue weighted by atomic mass is 9.93. The van der Waals surface area contributed by atoms with Crippen molar-refractivity contribution in [1.29, 1.82) is 0 Å². The molecule has 0 radical (unpaired) electrons. The van der Waals surface area contributed by atoms with Crippen LogP contribution < -0.4 is 10.6 Å². The van der Waals surface area contributed by atoms with E-state index in [1.165, 1.54) is 6.92 Å². The maximum atomic E-state index is 12.6. The Morgan fingerprint density at radius 1 is 1.04 bits per heavy atom. The number of nitrogens with zero attached hydrogens (tertiary/aromatic N) is 1. The highest BCUT2D eigenvalue weighted by Gasteiger charge is 2.28. The highest BCUT2D eigenvalue weighted by atomic mass is 16.2. The standard InChI is InChI=1S/C21H21N3O3/c1-14(25)24-12-11-15-5-3-4-6-18(15)19(24)13-20(26)23-17-9-7-16(8-10-17)21(27)22-2/h3-12,19H,13H2,1-2H3,(H,22,27)(H,23,26)/t19-/m0/s1. The molecule has 3 rings (SSSR count). The number of amides is 3. The fraction of sp³-hybridized carbons (Fsp3) is 0.190. The van der Waals surface area contributed by atoms with Crippen molar-refractivity contribution in [2.24, 2.45) is 0 Å². The van der Waals surface area contributed by atoms with E-state index in [4.69, 9.17) is 0 Å². The van der Waals surface area contributed by atoms with Crippen LogP contribution in [0.4, 0.5) is 5.69 Å². The molecular formula is C21H21N3O3. The Hall–Kier alpha value is -3.41. The van der Waals surface area contributed by atoms with Gasteiger partial charge in [-0.15, -0.1) is 0 Å². The third-order valence-electron chi connectivity index (χ3n) is 4.51. The Kier molecular flexibility index (Phi) is 5.35. The number of nitrogens with one attached hydrogen (secondary N) is 2. The van der Waals surface area contributed by atoms with E-state index in [0.29, 0.717) is 11.3 Å². The summed E-state index contributed by atoms with van der Waals surface area (Å²) < 4.78 is 0. The maximum absolute atomic E-state index is 12.6. The first-order chi connectivity index (χ1) is 13.0. The van der Waals surface area contributed by atoms with Gasteiger partial charge in [-0.2, -0.15) is 0 Å². The number of hydrogen-bond acceptors (Lipinski definition) is 3. The quantitative estimate of drug-likeness (QED) is 0.877. The molecule has 138 valence electrons. The SMILES string of the molecule is CNC(=O)c1ccc(NC(=O)C[C@H]2c3ccccc3C=CN2C(C)=O)cc1. The molecule has 0 saturated heterocycles. The van der Waals surface area contributed by atoms with E-state index in [1.807, 2.05) is 30.3 Å². The number of fused-ring (bicyclic) bond motifs is 1. The Bertz CT molecular complexity index is 903. The van der Waals surface area contributed by atoms with Gasteiger partial charge in [0.15, 0.2) is 0 Å². The van der Waals surface area contributed by atoms with Gasteiger partial charge < -0.3 is 15.5 Å². The molecule has 0 fully saturated rings. The smallest absolute Gasteiger partial charge is 0.251 e. The zero-order valence-corrected chi connectivity index (χ0v) is 15.2. The second-order valence-electron chi connectivity index (χ2n) is 6.30. The van der Waals surface area contributed by atoms with Gasteiger partial charge in [0.2, 0.25) is 11.8 Å². The minimum Gasteiger partial charge on any atom is -0.355 e. The van der Waals surface area contributed by atoms with Crippen molar-refractivity contribution in [3.63, 3.8) is 0 Å². The van der Waals surface area contributed by atoms with Crippen LogP contribution in [-0.2, 0) is 9.59 Å². The fourth-order valence-electron chi connectivity index (χ4n) is 3.15. The van der Waals surface area contributed by atoms with E-state index in [9.17, 15) is 14.4 Å². The summed E-state index contributed by atoms with van der Waals surface area (Å²) >= 11 is 0. The second-order valence-corrected chi connectivity index (χ2v) is 6.30. The van der Waals surface area contributed by atoms with Crippen LogP contribution in [0.5, 0.6) is 0 Å². The van der Waals surface area contributed by atoms with E-state index >= 15 is 0 Å². The molecule has 6 nitrogen and oxygen atoms in total. The molecule has 3 amide bonds. The van der Waals surface area contributed by atoms with Gasteiger partial charge >= 0.3 is 0 Å². The van der Waals surface area contributed by atoms with Crippen LogP contribution >= 0.6 is 0 Å². The molecule has 6 heteroatoms. The topological polar surface area (TPSA) is 78.5 Å². The molecule has 1 aliphatic heterocycles. The molecule has 1 atom stereocenters. The van der Waals surface area contributed by atoms with Crippen LogP contribution in [0.15, 0.2) is 54.7 Å². The van der Waals surface area contributed by atoms with Crippen LogP contribution in [0, 0.1) is 0 Å². The number of hydrogen-bond donors (Lipinski definition) is 2. The molecule has 0 spiro atoms. The molecule has 27 heavy (non-hydrogen) atoms. The van der Waals surface area contributed by atoms with Gasteiger partial charge in [-0.25, -0.2) is 0 Å². The summed E-state index contributed by atoms with van der Waals surface area (Å²) in [6.07, 6.45) is 3.74. The Balaban J connectivity index is 1.75. The molecule has 2 aromatic carbocycles. The highest BCUT2D eigenvalue weighted by molar-refractivity contribution is 5.96. The van der Waals surface area contributed by atoms with Crippen molar-refractivity contribution in [3.8, 4) is 0 Å². The average molecular weight is 363 g/mol. The van der Waals surface area contributed by atoms with E-state index in [1.54, 1.807) is 42.4 Å². The summed E-state index contributed by atoms with van der Waals surface area (Å²) in [5.41, 5.74) is 3.06. The summed E-state index contributed by atoms with van der Waals surface area (Å²) in [5.74, 6) is -0.506. The van der Waals surface area contributed by atoms with Crippen molar-refractivity contribution < 1.29 is 14.4 Å². The number of rotatable bonds is 4. The average Bonchev–Trinajstić information content (AvgIpc) is 2.68. The van der Waals surface area contributed by atoms with Gasteiger partial charge in [0, 0.05) is 31.4 Å². The molecule has 2 N–H and O–H groups in total. The summed E-state index contributed by atoms with van der Waals surface area (Å²) in [5, 5.41) is 5.38. The fourth-order valence-corrected chi connectivity index (χ4v) is 3.15. The van der Waals surface area contributed by atoms with E-state index < -0.39 is 0 Å². The molecule has 0 saturated carbocycles. The predicted molar refractivity (Wildman–Crippen MR) is 104 cm³/mol. The van der Waals surface area contributed by atoms with Crippen LogP contribution in [0.3, 0.4) is 0 Å². The lowest BCUT2D eigenvalue weighted by Gasteiger charge is -2.32. The van der Waals surface area contributed by atoms with Crippen molar-refractivity contribution in [2.75, 3.05) is 12.4 Å². The predicted octanol–water partition coefficient (Wildman–Crippen LogP) is 2.95. The van der Waals surface area contributed by atoms with Crippen molar-refractivity contribution >= 4 is 29.5 Å². The number of carbonyl (C=O) groups excluding carboxylic acids is 3. The first-order valence-electron chi connectivity index (χ1n) is 8.67. The van der Waals surface area contributed by atoms with Gasteiger partial charge in [-0.05, 0) is 41.5 Å². The molecule has 0 aliphatic carbocycles. The Morgan fingerprint density at radius 2 is 1.74 bits per heavy atom. The summed E-state index contributed by atoms with van der Waals surface area (Å²) in [6.45, 7) is 1.49. The molecular weight excluding hydrogens is 342 g/mol. The first-order valence-corrected chi connectivity index (χ1v) is 8.67. The number of anilines is 1. The highest BCUT2D eigenvalue weighted by Crippen LogP contribution is 2.33. The van der Waals surface area contributed by atoms with Gasteiger partial charge in [-0.3, -0.25) is 14.4 Å². The molecule has 2 aromatic rings. The summed E-state index contributed by atoms with van der Waals surface area (Å²) in [7, 11) is 1.56. The largest absolute Gasteiger partial charge is 0.355 e. The van der Waals surface area contributed by atoms with Crippen molar-refractivity contribution in [2.45, 2.75) is 19.4 Å². The van der Waals surface area contributed by atoms with Gasteiger partial charge in [-0.1, -0.05) is 24.3 Å². The van der Waals surface area contributed by atoms with Gasteiger partial charge in [0.25, 0.3) is 5.91 Å². The molecule has 0 aromatic heterocycles. The maximum Gasteiger partial charge on any atom is 0.251 e. The van der Waals surface area contributed by atoms with Crippen LogP contribution in [0.25, 0.3) is 6.08 Å². The minimum atomic E-state index is -0.353. The van der Waals surface area contributed by atoms with E-state index in [2.05, 4.69) is 10.6 Å². The zero-order valence-electron chi connectivity index (χ0n) is 15.2. The van der Waals surface area contributed by atoms with Gasteiger partial charge in [0.1, 0.15) is 0 Å². The Morgan fingerprint density at radius 3 is 2.41 bits per heavy atom. The van der Waals surface area contributed by atoms with Crippen LogP contribution in [-0.4, -0.2) is 29.7 Å². The van der Waals surface area contributed by atoms with E-state index in [-0.39, 0.29) is 30.2 Å². The number of carbonyl (C=O) groups is 3. The van der Waals surface area contributed by atoms with Crippen LogP contribution in [0.2, 0.25) is 0 Å². The van der Waals surface area contributed by atoms with Crippen LogP contribution in [0.1, 0.15) is 40.9 Å². The molecule has 1 aliphatic rings. The van der Waals surface area contributed by atoms with Crippen molar-refractivity contribution in [1.82, 2.24) is 10.2 Å². The molecule has 0 unspecified atom stereocenters. The minimum absolute atomic E-state index is 0.117. The lowest BCUT2D eigenvalue weighted by molar-refractivity contribution is -0.129. The monoisotopic (exact) mass is 363 g/mol. The summed E-state index contributed by atoms with van der Waals surface area (Å²) in [4.78, 5) is 37.7. The van der Waals surface area contributed by atoms with E-state index in [0.717, 1.165) is 11.1 Å². The lowest BCUT2D eigenvalue weighted by Crippen LogP contribution is -2.33. The first kappa shape index (κ1) is 18.4. The third-order valence-corrected chi connectivity index (χ3v) is 4.51.